The van der Waals surface area contributed by atoms with Gasteiger partial charge in [0, 0.05) is 13.2 Å². The van der Waals surface area contributed by atoms with Crippen LogP contribution < -0.4 is 5.32 Å². The number of aromatic nitrogens is 2. The summed E-state index contributed by atoms with van der Waals surface area (Å²) in [5.41, 5.74) is 3.34. The minimum Gasteiger partial charge on any atom is -0.381 e. The van der Waals surface area contributed by atoms with Crippen molar-refractivity contribution in [3.8, 4) is 0 Å². The van der Waals surface area contributed by atoms with Crippen LogP contribution in [0.3, 0.4) is 0 Å². The van der Waals surface area contributed by atoms with Crippen molar-refractivity contribution in [1.29, 1.82) is 0 Å². The van der Waals surface area contributed by atoms with E-state index in [1.807, 2.05) is 6.92 Å². The fourth-order valence-corrected chi connectivity index (χ4v) is 2.46. The average molecular weight is 223 g/mol. The molecule has 1 aliphatic rings. The van der Waals surface area contributed by atoms with Crippen molar-refractivity contribution in [3.63, 3.8) is 0 Å². The normalized spacial score (nSPS) is 25.7. The molecular formula is C12H21N3O. The number of rotatable bonds is 3. The smallest absolute Gasteiger partial charge is 0.0825 e. The second-order valence-corrected chi connectivity index (χ2v) is 4.67. The van der Waals surface area contributed by atoms with Crippen molar-refractivity contribution in [3.05, 3.63) is 11.4 Å². The average Bonchev–Trinajstić information content (AvgIpc) is 2.61. The lowest BCUT2D eigenvalue weighted by Crippen LogP contribution is -2.31. The molecule has 1 aromatic rings. The summed E-state index contributed by atoms with van der Waals surface area (Å²) >= 11 is 0. The Morgan fingerprint density at radius 3 is 2.81 bits per heavy atom. The van der Waals surface area contributed by atoms with Crippen molar-refractivity contribution in [1.82, 2.24) is 10.2 Å². The Labute approximate surface area is 96.8 Å². The fraction of sp³-hybridized carbons (Fsp3) is 0.750. The van der Waals surface area contributed by atoms with E-state index in [0.29, 0.717) is 12.1 Å². The van der Waals surface area contributed by atoms with Crippen LogP contribution in [0.1, 0.15) is 37.1 Å². The Morgan fingerprint density at radius 2 is 2.19 bits per heavy atom. The quantitative estimate of drug-likeness (QED) is 0.827. The molecule has 0 amide bonds. The molecule has 0 aliphatic heterocycles. The zero-order valence-corrected chi connectivity index (χ0v) is 10.3. The van der Waals surface area contributed by atoms with Gasteiger partial charge < -0.3 is 10.1 Å². The Kier molecular flexibility index (Phi) is 3.49. The highest BCUT2D eigenvalue weighted by Crippen LogP contribution is 2.26. The summed E-state index contributed by atoms with van der Waals surface area (Å²) < 4.78 is 5.44. The molecular weight excluding hydrogens is 202 g/mol. The molecule has 0 aromatic carbocycles. The maximum absolute atomic E-state index is 5.44. The van der Waals surface area contributed by atoms with E-state index in [1.54, 1.807) is 7.11 Å². The number of hydrogen-bond acceptors (Lipinski definition) is 3. The van der Waals surface area contributed by atoms with E-state index in [1.165, 1.54) is 24.9 Å². The van der Waals surface area contributed by atoms with Crippen molar-refractivity contribution in [2.24, 2.45) is 0 Å². The highest BCUT2D eigenvalue weighted by atomic mass is 16.5. The molecule has 1 heterocycles. The number of ether oxygens (including phenoxy) is 1. The van der Waals surface area contributed by atoms with Crippen LogP contribution in [-0.4, -0.2) is 29.5 Å². The SMILES string of the molecule is COC1CCCC(Nc2c(C)n[nH]c2C)C1. The topological polar surface area (TPSA) is 49.9 Å². The van der Waals surface area contributed by atoms with Gasteiger partial charge in [0.15, 0.2) is 0 Å². The monoisotopic (exact) mass is 223 g/mol. The molecule has 0 spiro atoms. The molecule has 1 saturated carbocycles. The molecule has 1 fully saturated rings. The first-order valence-electron chi connectivity index (χ1n) is 6.01. The van der Waals surface area contributed by atoms with Crippen molar-refractivity contribution < 1.29 is 4.74 Å². The van der Waals surface area contributed by atoms with E-state index >= 15 is 0 Å². The number of anilines is 1. The van der Waals surface area contributed by atoms with Crippen LogP contribution in [0.5, 0.6) is 0 Å². The van der Waals surface area contributed by atoms with Crippen LogP contribution in [-0.2, 0) is 4.74 Å². The highest BCUT2D eigenvalue weighted by Gasteiger charge is 2.22. The number of hydrogen-bond donors (Lipinski definition) is 2. The van der Waals surface area contributed by atoms with Gasteiger partial charge in [-0.2, -0.15) is 5.10 Å². The van der Waals surface area contributed by atoms with Gasteiger partial charge in [-0.1, -0.05) is 0 Å². The zero-order valence-electron chi connectivity index (χ0n) is 10.3. The van der Waals surface area contributed by atoms with Crippen LogP contribution in [0.4, 0.5) is 5.69 Å². The number of nitrogens with zero attached hydrogens (tertiary/aromatic N) is 1. The third-order valence-electron chi connectivity index (χ3n) is 3.44. The first-order chi connectivity index (χ1) is 7.70. The predicted molar refractivity (Wildman–Crippen MR) is 64.7 cm³/mol. The molecule has 90 valence electrons. The molecule has 1 aliphatic carbocycles. The van der Waals surface area contributed by atoms with Crippen molar-refractivity contribution >= 4 is 5.69 Å². The molecule has 2 N–H and O–H groups in total. The lowest BCUT2D eigenvalue weighted by molar-refractivity contribution is 0.0669. The van der Waals surface area contributed by atoms with E-state index in [-0.39, 0.29) is 0 Å². The molecule has 2 rings (SSSR count). The largest absolute Gasteiger partial charge is 0.381 e. The summed E-state index contributed by atoms with van der Waals surface area (Å²) in [6, 6.07) is 0.522. The zero-order chi connectivity index (χ0) is 11.5. The molecule has 2 unspecified atom stereocenters. The lowest BCUT2D eigenvalue weighted by atomic mass is 9.92. The van der Waals surface area contributed by atoms with Crippen LogP contribution >= 0.6 is 0 Å². The van der Waals surface area contributed by atoms with Gasteiger partial charge in [0.25, 0.3) is 0 Å². The minimum atomic E-state index is 0.416. The molecule has 4 heteroatoms. The van der Waals surface area contributed by atoms with Gasteiger partial charge in [0.2, 0.25) is 0 Å². The third-order valence-corrected chi connectivity index (χ3v) is 3.44. The van der Waals surface area contributed by atoms with Crippen LogP contribution in [0, 0.1) is 13.8 Å². The van der Waals surface area contributed by atoms with Gasteiger partial charge in [-0.25, -0.2) is 0 Å². The molecule has 16 heavy (non-hydrogen) atoms. The number of aryl methyl sites for hydroxylation is 2. The Morgan fingerprint density at radius 1 is 1.38 bits per heavy atom. The van der Waals surface area contributed by atoms with Crippen LogP contribution in [0.25, 0.3) is 0 Å². The first-order valence-corrected chi connectivity index (χ1v) is 6.01. The molecule has 0 saturated heterocycles. The van der Waals surface area contributed by atoms with E-state index < -0.39 is 0 Å². The molecule has 0 bridgehead atoms. The predicted octanol–water partition coefficient (Wildman–Crippen LogP) is 2.40. The number of H-pyrrole nitrogens is 1. The summed E-state index contributed by atoms with van der Waals surface area (Å²) in [6.07, 6.45) is 5.17. The molecule has 1 aromatic heterocycles. The second kappa shape index (κ2) is 4.87. The van der Waals surface area contributed by atoms with Crippen LogP contribution in [0.2, 0.25) is 0 Å². The van der Waals surface area contributed by atoms with Crippen molar-refractivity contribution in [2.45, 2.75) is 51.7 Å². The summed E-state index contributed by atoms with van der Waals surface area (Å²) in [5.74, 6) is 0. The van der Waals surface area contributed by atoms with E-state index in [4.69, 9.17) is 4.74 Å². The molecule has 0 radical (unpaired) electrons. The fourth-order valence-electron chi connectivity index (χ4n) is 2.46. The standard InChI is InChI=1S/C12H21N3O/c1-8-12(9(2)15-14-8)13-10-5-4-6-11(7-10)16-3/h10-11,13H,4-7H2,1-3H3,(H,14,15). The Bertz CT molecular complexity index is 329. The molecule has 2 atom stereocenters. The summed E-state index contributed by atoms with van der Waals surface area (Å²) in [6.45, 7) is 4.08. The number of nitrogens with one attached hydrogen (secondary N) is 2. The van der Waals surface area contributed by atoms with Crippen LogP contribution in [0.15, 0.2) is 0 Å². The van der Waals surface area contributed by atoms with E-state index in [9.17, 15) is 0 Å². The van der Waals surface area contributed by atoms with Gasteiger partial charge >= 0.3 is 0 Å². The van der Waals surface area contributed by atoms with E-state index in [2.05, 4.69) is 22.4 Å². The summed E-state index contributed by atoms with van der Waals surface area (Å²) in [5, 5.41) is 10.8. The molecule has 4 nitrogen and oxygen atoms in total. The summed E-state index contributed by atoms with van der Waals surface area (Å²) in [7, 11) is 1.81. The Hall–Kier alpha value is -1.03. The maximum Gasteiger partial charge on any atom is 0.0825 e. The summed E-state index contributed by atoms with van der Waals surface area (Å²) in [4.78, 5) is 0. The minimum absolute atomic E-state index is 0.416. The Balaban J connectivity index is 1.99. The van der Waals surface area contributed by atoms with Gasteiger partial charge in [0.05, 0.1) is 23.2 Å². The highest BCUT2D eigenvalue weighted by molar-refractivity contribution is 5.52. The first kappa shape index (κ1) is 11.5. The second-order valence-electron chi connectivity index (χ2n) is 4.67. The number of methoxy groups -OCH3 is 1. The third kappa shape index (κ3) is 2.38. The van der Waals surface area contributed by atoms with Gasteiger partial charge in [-0.3, -0.25) is 5.10 Å². The lowest BCUT2D eigenvalue weighted by Gasteiger charge is -2.29. The number of aromatic amines is 1. The van der Waals surface area contributed by atoms with E-state index in [0.717, 1.165) is 17.8 Å². The van der Waals surface area contributed by atoms with Gasteiger partial charge in [-0.15, -0.1) is 0 Å². The van der Waals surface area contributed by atoms with Gasteiger partial charge in [0.1, 0.15) is 0 Å². The maximum atomic E-state index is 5.44. The van der Waals surface area contributed by atoms with Crippen molar-refractivity contribution in [2.75, 3.05) is 12.4 Å². The van der Waals surface area contributed by atoms with Gasteiger partial charge in [-0.05, 0) is 39.5 Å².